The van der Waals surface area contributed by atoms with Crippen LogP contribution in [0, 0.1) is 0 Å². The summed E-state index contributed by atoms with van der Waals surface area (Å²) in [4.78, 5) is 11.6. The summed E-state index contributed by atoms with van der Waals surface area (Å²) in [6.07, 6.45) is 0.763. The zero-order valence-corrected chi connectivity index (χ0v) is 8.41. The van der Waals surface area contributed by atoms with Crippen molar-refractivity contribution in [3.63, 3.8) is 0 Å². The van der Waals surface area contributed by atoms with Crippen molar-refractivity contribution in [1.82, 2.24) is 5.32 Å². The van der Waals surface area contributed by atoms with Gasteiger partial charge in [-0.3, -0.25) is 4.79 Å². The van der Waals surface area contributed by atoms with E-state index < -0.39 is 0 Å². The van der Waals surface area contributed by atoms with Gasteiger partial charge in [0, 0.05) is 6.54 Å². The zero-order valence-electron chi connectivity index (χ0n) is 8.41. The molecule has 1 aliphatic heterocycles. The minimum absolute atomic E-state index is 0.113. The Morgan fingerprint density at radius 3 is 3.00 bits per heavy atom. The van der Waals surface area contributed by atoms with Crippen molar-refractivity contribution in [2.24, 2.45) is 0 Å². The average Bonchev–Trinajstić information content (AvgIpc) is 2.27. The highest BCUT2D eigenvalue weighted by Gasteiger charge is 2.21. The number of benzene rings is 1. The number of ether oxygens (including phenoxy) is 1. The lowest BCUT2D eigenvalue weighted by Gasteiger charge is -2.19. The van der Waals surface area contributed by atoms with Crippen molar-refractivity contribution in [2.75, 3.05) is 13.7 Å². The molecule has 0 fully saturated rings. The van der Waals surface area contributed by atoms with E-state index in [0.29, 0.717) is 23.3 Å². The first kappa shape index (κ1) is 10.0. The predicted octanol–water partition coefficient (Wildman–Crippen LogP) is -0.782. The highest BCUT2D eigenvalue weighted by atomic mass is 16.5. The number of hydrogen-bond acceptors (Lipinski definition) is 3. The molecule has 0 bridgehead atoms. The average molecular weight is 204 g/mol. The topological polar surface area (TPSA) is 58.6 Å². The van der Waals surface area contributed by atoms with E-state index >= 15 is 0 Å². The van der Waals surface area contributed by atoms with Crippen molar-refractivity contribution in [3.8, 4) is 5.75 Å². The first-order valence-corrected chi connectivity index (χ1v) is 4.73. The molecule has 0 atom stereocenters. The Kier molecular flexibility index (Phi) is 2.64. The van der Waals surface area contributed by atoms with E-state index in [0.717, 1.165) is 19.5 Å². The number of methoxy groups -OCH3 is 1. The van der Waals surface area contributed by atoms with Gasteiger partial charge in [-0.25, -0.2) is 0 Å². The molecule has 1 aliphatic rings. The molecule has 0 saturated heterocycles. The number of carbonyl (C=O) groups is 1. The third-order valence-corrected chi connectivity index (χ3v) is 2.48. The van der Waals surface area contributed by atoms with Crippen LogP contribution >= 0.6 is 0 Å². The van der Waals surface area contributed by atoms with Crippen LogP contribution in [-0.2, 0) is 6.42 Å². The molecule has 0 aliphatic carbocycles. The molecule has 77 valence electrons. The summed E-state index contributed by atoms with van der Waals surface area (Å²) in [6.45, 7) is 0.629. The van der Waals surface area contributed by atoms with Crippen molar-refractivity contribution < 1.29 is 14.6 Å². The van der Waals surface area contributed by atoms with Gasteiger partial charge in [0.05, 0.1) is 12.7 Å². The summed E-state index contributed by atoms with van der Waals surface area (Å²) in [7, 11) is 2.52. The molecule has 1 radical (unpaired) electrons. The van der Waals surface area contributed by atoms with Gasteiger partial charge in [-0.15, -0.1) is 0 Å². The van der Waals surface area contributed by atoms with Gasteiger partial charge in [0.25, 0.3) is 5.91 Å². The number of fused-ring (bicyclic) bond motifs is 1. The van der Waals surface area contributed by atoms with E-state index in [1.807, 2.05) is 0 Å². The molecule has 0 saturated carbocycles. The molecule has 0 unspecified atom stereocenters. The lowest BCUT2D eigenvalue weighted by molar-refractivity contribution is 0.0942. The van der Waals surface area contributed by atoms with Gasteiger partial charge < -0.3 is 15.1 Å². The van der Waals surface area contributed by atoms with Crippen molar-refractivity contribution in [3.05, 3.63) is 23.3 Å². The van der Waals surface area contributed by atoms with E-state index in [2.05, 4.69) is 5.32 Å². The molecule has 1 heterocycles. The minimum atomic E-state index is -0.113. The molecule has 1 aromatic carbocycles. The smallest absolute Gasteiger partial charge is 0.326 e. The van der Waals surface area contributed by atoms with E-state index in [4.69, 9.17) is 9.76 Å². The van der Waals surface area contributed by atoms with Gasteiger partial charge in [0.1, 0.15) is 5.75 Å². The molecule has 0 spiro atoms. The fraction of sp³-hybridized carbons (Fsp3) is 0.300. The van der Waals surface area contributed by atoms with E-state index in [-0.39, 0.29) is 5.91 Å². The van der Waals surface area contributed by atoms with Crippen LogP contribution in [0.3, 0.4) is 0 Å². The number of carbonyl (C=O) groups excluding carboxylic acids is 1. The fourth-order valence-corrected chi connectivity index (χ4v) is 1.79. The van der Waals surface area contributed by atoms with Gasteiger partial charge in [-0.2, -0.15) is 0 Å². The number of hydrogen-bond donors (Lipinski definition) is 2. The van der Waals surface area contributed by atoms with Crippen LogP contribution in [0.25, 0.3) is 0 Å². The van der Waals surface area contributed by atoms with Gasteiger partial charge in [0.15, 0.2) is 0 Å². The maximum Gasteiger partial charge on any atom is 0.326 e. The van der Waals surface area contributed by atoms with Crippen LogP contribution in [0.15, 0.2) is 12.1 Å². The van der Waals surface area contributed by atoms with Crippen LogP contribution in [0.1, 0.15) is 15.9 Å². The molecule has 5 heteroatoms. The monoisotopic (exact) mass is 204 g/mol. The van der Waals surface area contributed by atoms with Gasteiger partial charge in [-0.1, -0.05) is 6.07 Å². The molecular weight excluding hydrogens is 193 g/mol. The minimum Gasteiger partial charge on any atom is -0.496 e. The number of amides is 1. The van der Waals surface area contributed by atoms with Crippen LogP contribution in [0.2, 0.25) is 0 Å². The number of nitrogens with one attached hydrogen (secondary N) is 1. The van der Waals surface area contributed by atoms with Crippen LogP contribution in [-0.4, -0.2) is 32.1 Å². The fourth-order valence-electron chi connectivity index (χ4n) is 1.79. The Morgan fingerprint density at radius 1 is 1.53 bits per heavy atom. The molecule has 2 N–H and O–H groups in total. The standard InChI is InChI=1S/C10H11BNO3/c1-15-8-5-7(11-14)4-6-2-3-12-10(13)9(6)8/h4-5,14H,2-3H2,1H3,(H,12,13). The van der Waals surface area contributed by atoms with E-state index in [1.54, 1.807) is 12.1 Å². The highest BCUT2D eigenvalue weighted by Crippen LogP contribution is 2.23. The van der Waals surface area contributed by atoms with Crippen molar-refractivity contribution in [1.29, 1.82) is 0 Å². The molecule has 1 aromatic rings. The lowest BCUT2D eigenvalue weighted by atomic mass is 9.84. The largest absolute Gasteiger partial charge is 0.496 e. The molecular formula is C10H11BNO3. The summed E-state index contributed by atoms with van der Waals surface area (Å²) in [5.41, 5.74) is 2.15. The summed E-state index contributed by atoms with van der Waals surface area (Å²) in [6, 6.07) is 3.44. The van der Waals surface area contributed by atoms with E-state index in [9.17, 15) is 4.79 Å². The van der Waals surface area contributed by atoms with Crippen LogP contribution < -0.4 is 15.5 Å². The quantitative estimate of drug-likeness (QED) is 0.621. The maximum absolute atomic E-state index is 11.6. The van der Waals surface area contributed by atoms with Gasteiger partial charge in [-0.05, 0) is 23.5 Å². The molecule has 0 aromatic heterocycles. The van der Waals surface area contributed by atoms with Gasteiger partial charge in [0.2, 0.25) is 0 Å². The summed E-state index contributed by atoms with van der Waals surface area (Å²) < 4.78 is 5.13. The first-order valence-electron chi connectivity index (χ1n) is 4.73. The van der Waals surface area contributed by atoms with Crippen LogP contribution in [0.5, 0.6) is 5.75 Å². The SMILES string of the molecule is COc1cc([B]O)cc2c1C(=O)NCC2. The maximum atomic E-state index is 11.6. The summed E-state index contributed by atoms with van der Waals surface area (Å²) in [5, 5.41) is 11.7. The number of rotatable bonds is 2. The third-order valence-electron chi connectivity index (χ3n) is 2.48. The zero-order chi connectivity index (χ0) is 10.8. The Hall–Kier alpha value is -1.49. The Morgan fingerprint density at radius 2 is 2.33 bits per heavy atom. The second kappa shape index (κ2) is 3.94. The second-order valence-corrected chi connectivity index (χ2v) is 3.39. The van der Waals surface area contributed by atoms with Crippen molar-refractivity contribution >= 4 is 18.9 Å². The van der Waals surface area contributed by atoms with Crippen LogP contribution in [0.4, 0.5) is 0 Å². The highest BCUT2D eigenvalue weighted by molar-refractivity contribution is 6.45. The lowest BCUT2D eigenvalue weighted by Crippen LogP contribution is -2.33. The second-order valence-electron chi connectivity index (χ2n) is 3.39. The molecule has 2 rings (SSSR count). The predicted molar refractivity (Wildman–Crippen MR) is 56.6 cm³/mol. The summed E-state index contributed by atoms with van der Waals surface area (Å²) >= 11 is 0. The normalized spacial score (nSPS) is 14.1. The molecule has 15 heavy (non-hydrogen) atoms. The summed E-state index contributed by atoms with van der Waals surface area (Å²) in [5.74, 6) is 0.391. The Labute approximate surface area is 88.5 Å². The van der Waals surface area contributed by atoms with Crippen molar-refractivity contribution in [2.45, 2.75) is 6.42 Å². The Balaban J connectivity index is 2.57. The first-order chi connectivity index (χ1) is 7.26. The molecule has 4 nitrogen and oxygen atoms in total. The third kappa shape index (κ3) is 1.70. The Bertz CT molecular complexity index is 389. The molecule has 1 amide bonds. The van der Waals surface area contributed by atoms with Gasteiger partial charge >= 0.3 is 7.48 Å². The van der Waals surface area contributed by atoms with E-state index in [1.165, 1.54) is 7.11 Å².